The molecule has 0 spiro atoms. The van der Waals surface area contributed by atoms with Crippen LogP contribution >= 0.6 is 11.5 Å². The number of nitrogens with zero attached hydrogens (tertiary/aromatic N) is 3. The van der Waals surface area contributed by atoms with Crippen molar-refractivity contribution in [3.8, 4) is 0 Å². The number of aromatic nitrogens is 3. The van der Waals surface area contributed by atoms with Crippen LogP contribution in [-0.2, 0) is 9.53 Å². The van der Waals surface area contributed by atoms with Gasteiger partial charge in [-0.3, -0.25) is 14.6 Å². The Balaban J connectivity index is 1.49. The number of carbonyl (C=O) groups excluding carboxylic acids is 2. The molecule has 0 aliphatic heterocycles. The average Bonchev–Trinajstić information content (AvgIpc) is 3.25. The third-order valence-electron chi connectivity index (χ3n) is 5.72. The highest BCUT2D eigenvalue weighted by molar-refractivity contribution is 7.10. The molecule has 2 atom stereocenters. The molecule has 0 saturated heterocycles. The molecule has 208 valence electrons. The second-order valence-corrected chi connectivity index (χ2v) is 10.9. The van der Waals surface area contributed by atoms with E-state index in [-0.39, 0.29) is 5.56 Å². The second kappa shape index (κ2) is 11.8. The number of ether oxygens (including phenoxy) is 1. The number of aliphatic carboxylic acids is 1. The van der Waals surface area contributed by atoms with Gasteiger partial charge < -0.3 is 25.8 Å². The van der Waals surface area contributed by atoms with E-state index in [1.54, 1.807) is 52.9 Å². The van der Waals surface area contributed by atoms with Gasteiger partial charge in [0.15, 0.2) is 6.04 Å². The second-order valence-electron chi connectivity index (χ2n) is 10.1. The topological polar surface area (TPSA) is 155 Å². The van der Waals surface area contributed by atoms with E-state index in [2.05, 4.69) is 30.3 Å². The monoisotopic (exact) mass is 562 g/mol. The molecule has 0 saturated carbocycles. The first-order valence-electron chi connectivity index (χ1n) is 12.5. The minimum absolute atomic E-state index is 0.178. The molecule has 12 heteroatoms. The Kier molecular flexibility index (Phi) is 8.40. The number of para-hydroxylation sites is 2. The van der Waals surface area contributed by atoms with Gasteiger partial charge in [-0.1, -0.05) is 18.2 Å². The van der Waals surface area contributed by atoms with Gasteiger partial charge in [0, 0.05) is 11.3 Å². The SMILES string of the molecule is Cc1nsc(Nc2cnc3ccccc3n2)c1C(=O)Nc1cccc(C(=O)N[C@H](C(=O)O)[C@@H](C)OC(C)(C)C)c1. The van der Waals surface area contributed by atoms with Gasteiger partial charge in [-0.15, -0.1) is 0 Å². The fourth-order valence-corrected chi connectivity index (χ4v) is 4.82. The molecule has 4 rings (SSSR count). The van der Waals surface area contributed by atoms with E-state index in [1.807, 2.05) is 24.3 Å². The normalized spacial score (nSPS) is 12.9. The molecule has 0 fully saturated rings. The van der Waals surface area contributed by atoms with Crippen LogP contribution in [0.2, 0.25) is 0 Å². The minimum Gasteiger partial charge on any atom is -0.480 e. The highest BCUT2D eigenvalue weighted by atomic mass is 32.1. The van der Waals surface area contributed by atoms with Crippen molar-refractivity contribution < 1.29 is 24.2 Å². The standard InChI is InChI=1S/C28H30N6O5S/c1-15-22(26(40-34-15)32-21-14-29-19-11-6-7-12-20(19)31-21)25(36)30-18-10-8-9-17(13-18)24(35)33-23(27(37)38)16(2)39-28(3,4)5/h6-14,16,23H,1-5H3,(H,30,36)(H,31,32)(H,33,35)(H,37,38)/t16-,23+/m1/s1. The van der Waals surface area contributed by atoms with E-state index < -0.39 is 35.5 Å². The van der Waals surface area contributed by atoms with Crippen LogP contribution in [0.4, 0.5) is 16.5 Å². The van der Waals surface area contributed by atoms with Gasteiger partial charge in [0.2, 0.25) is 0 Å². The van der Waals surface area contributed by atoms with Crippen LogP contribution in [0.1, 0.15) is 54.1 Å². The van der Waals surface area contributed by atoms with Crippen LogP contribution in [0.15, 0.2) is 54.7 Å². The Hall–Kier alpha value is -4.42. The Labute approximate surface area is 235 Å². The Bertz CT molecular complexity index is 1560. The molecule has 4 aromatic rings. The zero-order valence-electron chi connectivity index (χ0n) is 22.7. The van der Waals surface area contributed by atoms with Gasteiger partial charge >= 0.3 is 5.97 Å². The predicted molar refractivity (Wildman–Crippen MR) is 153 cm³/mol. The summed E-state index contributed by atoms with van der Waals surface area (Å²) in [6.45, 7) is 8.72. The van der Waals surface area contributed by atoms with Crippen molar-refractivity contribution in [3.63, 3.8) is 0 Å². The van der Waals surface area contributed by atoms with Gasteiger partial charge in [-0.25, -0.2) is 9.78 Å². The molecule has 11 nitrogen and oxygen atoms in total. The molecule has 4 N–H and O–H groups in total. The molecule has 2 aromatic carbocycles. The van der Waals surface area contributed by atoms with Crippen molar-refractivity contribution >= 4 is 56.9 Å². The maximum absolute atomic E-state index is 13.3. The summed E-state index contributed by atoms with van der Waals surface area (Å²) >= 11 is 1.12. The first-order chi connectivity index (χ1) is 18.9. The van der Waals surface area contributed by atoms with Crippen LogP contribution < -0.4 is 16.0 Å². The number of carboxylic acids is 1. The van der Waals surface area contributed by atoms with Crippen molar-refractivity contribution in [1.82, 2.24) is 19.7 Å². The number of hydrogen-bond donors (Lipinski definition) is 4. The summed E-state index contributed by atoms with van der Waals surface area (Å²) in [5, 5.41) is 18.6. The van der Waals surface area contributed by atoms with E-state index in [1.165, 1.54) is 12.1 Å². The number of fused-ring (bicyclic) bond motifs is 1. The average molecular weight is 563 g/mol. The minimum atomic E-state index is -1.27. The summed E-state index contributed by atoms with van der Waals surface area (Å²) in [5.41, 5.74) is 2.24. The van der Waals surface area contributed by atoms with E-state index in [0.29, 0.717) is 33.3 Å². The Morgan fingerprint density at radius 2 is 1.75 bits per heavy atom. The molecular weight excluding hydrogens is 532 g/mol. The molecule has 40 heavy (non-hydrogen) atoms. The number of benzene rings is 2. The summed E-state index contributed by atoms with van der Waals surface area (Å²) in [5.74, 6) is -1.80. The summed E-state index contributed by atoms with van der Waals surface area (Å²) < 4.78 is 10.0. The van der Waals surface area contributed by atoms with Crippen molar-refractivity contribution in [2.45, 2.75) is 52.4 Å². The third kappa shape index (κ3) is 6.96. The largest absolute Gasteiger partial charge is 0.480 e. The number of anilines is 3. The number of carbonyl (C=O) groups is 3. The van der Waals surface area contributed by atoms with E-state index in [4.69, 9.17) is 4.74 Å². The smallest absolute Gasteiger partial charge is 0.328 e. The third-order valence-corrected chi connectivity index (χ3v) is 6.58. The molecule has 0 bridgehead atoms. The Morgan fingerprint density at radius 3 is 2.45 bits per heavy atom. The van der Waals surface area contributed by atoms with Crippen LogP contribution in [-0.4, -0.2) is 55.0 Å². The molecular formula is C28H30N6O5S. The van der Waals surface area contributed by atoms with Gasteiger partial charge in [0.05, 0.1) is 40.2 Å². The van der Waals surface area contributed by atoms with Crippen LogP contribution in [0.25, 0.3) is 11.0 Å². The van der Waals surface area contributed by atoms with Crippen LogP contribution in [0, 0.1) is 6.92 Å². The lowest BCUT2D eigenvalue weighted by molar-refractivity contribution is -0.146. The number of hydrogen-bond acceptors (Lipinski definition) is 9. The lowest BCUT2D eigenvalue weighted by atomic mass is 10.1. The number of nitrogens with one attached hydrogen (secondary N) is 3. The van der Waals surface area contributed by atoms with Gasteiger partial charge in [-0.05, 0) is 76.5 Å². The number of rotatable bonds is 9. The molecule has 2 heterocycles. The number of aryl methyl sites for hydroxylation is 1. The molecule has 2 amide bonds. The number of carboxylic acid groups (broad SMARTS) is 1. The number of amides is 2. The molecule has 0 aliphatic carbocycles. The van der Waals surface area contributed by atoms with Crippen LogP contribution in [0.5, 0.6) is 0 Å². The molecule has 0 radical (unpaired) electrons. The van der Waals surface area contributed by atoms with Crippen molar-refractivity contribution in [2.24, 2.45) is 0 Å². The summed E-state index contributed by atoms with van der Waals surface area (Å²) in [6, 6.07) is 12.4. The lowest BCUT2D eigenvalue weighted by Gasteiger charge is -2.29. The fraction of sp³-hybridized carbons (Fsp3) is 0.286. The fourth-order valence-electron chi connectivity index (χ4n) is 4.02. The molecule has 0 unspecified atom stereocenters. The highest BCUT2D eigenvalue weighted by Crippen LogP contribution is 2.29. The van der Waals surface area contributed by atoms with Gasteiger partial charge in [0.25, 0.3) is 11.8 Å². The lowest BCUT2D eigenvalue weighted by Crippen LogP contribution is -2.50. The van der Waals surface area contributed by atoms with Gasteiger partial charge in [0.1, 0.15) is 10.8 Å². The van der Waals surface area contributed by atoms with Crippen molar-refractivity contribution in [1.29, 1.82) is 0 Å². The first kappa shape index (κ1) is 28.6. The molecule has 0 aliphatic rings. The summed E-state index contributed by atoms with van der Waals surface area (Å²) in [7, 11) is 0. The highest BCUT2D eigenvalue weighted by Gasteiger charge is 2.31. The van der Waals surface area contributed by atoms with Crippen molar-refractivity contribution in [3.05, 3.63) is 71.5 Å². The molecule has 2 aromatic heterocycles. The van der Waals surface area contributed by atoms with E-state index >= 15 is 0 Å². The summed E-state index contributed by atoms with van der Waals surface area (Å²) in [6.07, 6.45) is 0.801. The predicted octanol–water partition coefficient (Wildman–Crippen LogP) is 4.78. The van der Waals surface area contributed by atoms with E-state index in [0.717, 1.165) is 17.0 Å². The maximum Gasteiger partial charge on any atom is 0.328 e. The summed E-state index contributed by atoms with van der Waals surface area (Å²) in [4.78, 5) is 47.0. The van der Waals surface area contributed by atoms with Gasteiger partial charge in [-0.2, -0.15) is 4.37 Å². The van der Waals surface area contributed by atoms with Crippen molar-refractivity contribution in [2.75, 3.05) is 10.6 Å². The zero-order valence-corrected chi connectivity index (χ0v) is 23.5. The first-order valence-corrected chi connectivity index (χ1v) is 13.3. The van der Waals surface area contributed by atoms with Crippen LogP contribution in [0.3, 0.4) is 0 Å². The van der Waals surface area contributed by atoms with E-state index in [9.17, 15) is 19.5 Å². The Morgan fingerprint density at radius 1 is 1.02 bits per heavy atom. The maximum atomic E-state index is 13.3. The quantitative estimate of drug-likeness (QED) is 0.226. The zero-order chi connectivity index (χ0) is 29.0.